The second-order valence-electron chi connectivity index (χ2n) is 3.50. The third kappa shape index (κ3) is 4.54. The van der Waals surface area contributed by atoms with Gasteiger partial charge in [0.25, 0.3) is 6.43 Å². The first kappa shape index (κ1) is 14.2. The first-order chi connectivity index (χ1) is 8.50. The maximum absolute atomic E-state index is 11.7. The standard InChI is InChI=1S/C11H14F2N2O3/c12-10(13)6-18-4-3-15-7-1-2-9(14)8(5-7)11(16)17/h1-2,5,10,15H,3-4,6,14H2,(H,16,17). The van der Waals surface area contributed by atoms with Gasteiger partial charge in [0.1, 0.15) is 6.61 Å². The molecule has 0 aliphatic rings. The van der Waals surface area contributed by atoms with Gasteiger partial charge in [-0.2, -0.15) is 0 Å². The summed E-state index contributed by atoms with van der Waals surface area (Å²) in [6, 6.07) is 4.45. The molecule has 0 aliphatic heterocycles. The number of halogens is 2. The fraction of sp³-hybridized carbons (Fsp3) is 0.364. The molecular formula is C11H14F2N2O3. The summed E-state index contributed by atoms with van der Waals surface area (Å²) < 4.78 is 28.2. The molecule has 0 bridgehead atoms. The lowest BCUT2D eigenvalue weighted by molar-refractivity contribution is 0.0215. The highest BCUT2D eigenvalue weighted by molar-refractivity contribution is 5.94. The fourth-order valence-electron chi connectivity index (χ4n) is 1.29. The molecule has 0 spiro atoms. The molecule has 1 aromatic carbocycles. The molecule has 0 saturated carbocycles. The van der Waals surface area contributed by atoms with E-state index in [1.165, 1.54) is 12.1 Å². The third-order valence-electron chi connectivity index (χ3n) is 2.10. The van der Waals surface area contributed by atoms with Crippen LogP contribution in [0.5, 0.6) is 0 Å². The van der Waals surface area contributed by atoms with Crippen molar-refractivity contribution in [2.75, 3.05) is 30.8 Å². The summed E-state index contributed by atoms with van der Waals surface area (Å²) in [4.78, 5) is 10.8. The molecule has 100 valence electrons. The Balaban J connectivity index is 2.43. The zero-order valence-corrected chi connectivity index (χ0v) is 9.53. The normalized spacial score (nSPS) is 10.6. The van der Waals surface area contributed by atoms with Crippen LogP contribution in [0.2, 0.25) is 0 Å². The highest BCUT2D eigenvalue weighted by Crippen LogP contribution is 2.17. The molecule has 0 unspecified atom stereocenters. The third-order valence-corrected chi connectivity index (χ3v) is 2.10. The minimum atomic E-state index is -2.49. The number of nitrogen functional groups attached to an aromatic ring is 1. The van der Waals surface area contributed by atoms with Gasteiger partial charge in [0.2, 0.25) is 0 Å². The molecule has 1 rings (SSSR count). The summed E-state index contributed by atoms with van der Waals surface area (Å²) in [6.45, 7) is -0.198. The van der Waals surface area contributed by atoms with E-state index in [-0.39, 0.29) is 17.9 Å². The van der Waals surface area contributed by atoms with Gasteiger partial charge in [-0.3, -0.25) is 0 Å². The van der Waals surface area contributed by atoms with Crippen LogP contribution < -0.4 is 11.1 Å². The Bertz CT molecular complexity index is 413. The summed E-state index contributed by atoms with van der Waals surface area (Å²) in [5, 5.41) is 11.7. The highest BCUT2D eigenvalue weighted by atomic mass is 19.3. The molecule has 0 radical (unpaired) electrons. The largest absolute Gasteiger partial charge is 0.478 e. The molecule has 7 heteroatoms. The van der Waals surface area contributed by atoms with E-state index < -0.39 is 19.0 Å². The van der Waals surface area contributed by atoms with E-state index in [0.29, 0.717) is 12.2 Å². The number of nitrogens with two attached hydrogens (primary N) is 1. The molecule has 4 N–H and O–H groups in total. The fourth-order valence-corrected chi connectivity index (χ4v) is 1.29. The Labute approximate surface area is 103 Å². The Morgan fingerprint density at radius 2 is 2.22 bits per heavy atom. The molecule has 5 nitrogen and oxygen atoms in total. The first-order valence-electron chi connectivity index (χ1n) is 5.23. The van der Waals surface area contributed by atoms with Crippen LogP contribution in [-0.2, 0) is 4.74 Å². The van der Waals surface area contributed by atoms with E-state index in [1.807, 2.05) is 0 Å². The number of hydrogen-bond donors (Lipinski definition) is 3. The van der Waals surface area contributed by atoms with Crippen LogP contribution in [-0.4, -0.2) is 37.3 Å². The number of ether oxygens (including phenoxy) is 1. The molecule has 1 aromatic rings. The number of hydrogen-bond acceptors (Lipinski definition) is 4. The Hall–Kier alpha value is -1.89. The van der Waals surface area contributed by atoms with Crippen LogP contribution in [0.3, 0.4) is 0 Å². The number of benzene rings is 1. The minimum Gasteiger partial charge on any atom is -0.478 e. The summed E-state index contributed by atoms with van der Waals surface area (Å²) in [7, 11) is 0. The second kappa shape index (κ2) is 6.75. The predicted molar refractivity (Wildman–Crippen MR) is 63.1 cm³/mol. The molecule has 0 aromatic heterocycles. The summed E-state index contributed by atoms with van der Waals surface area (Å²) in [6.07, 6.45) is -2.49. The number of carboxylic acids is 1. The van der Waals surface area contributed by atoms with Crippen LogP contribution in [0, 0.1) is 0 Å². The van der Waals surface area contributed by atoms with E-state index in [2.05, 4.69) is 10.1 Å². The molecule has 0 atom stereocenters. The first-order valence-corrected chi connectivity index (χ1v) is 5.23. The summed E-state index contributed by atoms with van der Waals surface area (Å²) >= 11 is 0. The Morgan fingerprint density at radius 1 is 1.50 bits per heavy atom. The van der Waals surface area contributed by atoms with Crippen molar-refractivity contribution in [3.8, 4) is 0 Å². The van der Waals surface area contributed by atoms with Crippen molar-refractivity contribution >= 4 is 17.3 Å². The van der Waals surface area contributed by atoms with Crippen LogP contribution in [0.15, 0.2) is 18.2 Å². The number of carbonyl (C=O) groups is 1. The van der Waals surface area contributed by atoms with Crippen LogP contribution >= 0.6 is 0 Å². The van der Waals surface area contributed by atoms with Crippen molar-refractivity contribution in [1.29, 1.82) is 0 Å². The predicted octanol–water partition coefficient (Wildman–Crippen LogP) is 1.66. The van der Waals surface area contributed by atoms with Gasteiger partial charge in [0, 0.05) is 17.9 Å². The quantitative estimate of drug-likeness (QED) is 0.513. The Morgan fingerprint density at radius 3 is 2.83 bits per heavy atom. The van der Waals surface area contributed by atoms with Crippen molar-refractivity contribution in [2.24, 2.45) is 0 Å². The van der Waals surface area contributed by atoms with Gasteiger partial charge < -0.3 is 20.9 Å². The SMILES string of the molecule is Nc1ccc(NCCOCC(F)F)cc1C(=O)O. The van der Waals surface area contributed by atoms with Gasteiger partial charge in [0.15, 0.2) is 0 Å². The zero-order chi connectivity index (χ0) is 13.5. The second-order valence-corrected chi connectivity index (χ2v) is 3.50. The van der Waals surface area contributed by atoms with Gasteiger partial charge in [-0.05, 0) is 18.2 Å². The smallest absolute Gasteiger partial charge is 0.337 e. The number of alkyl halides is 2. The lowest BCUT2D eigenvalue weighted by Gasteiger charge is -2.09. The van der Waals surface area contributed by atoms with Crippen LogP contribution in [0.1, 0.15) is 10.4 Å². The summed E-state index contributed by atoms with van der Waals surface area (Å²) in [5.41, 5.74) is 6.19. The number of rotatable bonds is 7. The monoisotopic (exact) mass is 260 g/mol. The maximum atomic E-state index is 11.7. The van der Waals surface area contributed by atoms with Gasteiger partial charge in [0.05, 0.1) is 12.2 Å². The Kier molecular flexibility index (Phi) is 5.31. The lowest BCUT2D eigenvalue weighted by atomic mass is 10.1. The van der Waals surface area contributed by atoms with Gasteiger partial charge >= 0.3 is 5.97 Å². The molecular weight excluding hydrogens is 246 g/mol. The number of aromatic carboxylic acids is 1. The van der Waals surface area contributed by atoms with Gasteiger partial charge in [-0.1, -0.05) is 0 Å². The van der Waals surface area contributed by atoms with Crippen molar-refractivity contribution in [1.82, 2.24) is 0 Å². The number of carboxylic acid groups (broad SMARTS) is 1. The number of anilines is 2. The zero-order valence-electron chi connectivity index (χ0n) is 9.53. The molecule has 0 saturated heterocycles. The maximum Gasteiger partial charge on any atom is 0.337 e. The minimum absolute atomic E-state index is 0.00602. The average molecular weight is 260 g/mol. The van der Waals surface area contributed by atoms with E-state index in [4.69, 9.17) is 10.8 Å². The average Bonchev–Trinajstić information content (AvgIpc) is 2.30. The van der Waals surface area contributed by atoms with Gasteiger partial charge in [-0.25, -0.2) is 13.6 Å². The van der Waals surface area contributed by atoms with Crippen molar-refractivity contribution < 1.29 is 23.4 Å². The summed E-state index contributed by atoms with van der Waals surface area (Å²) in [5.74, 6) is -1.12. The van der Waals surface area contributed by atoms with Crippen molar-refractivity contribution in [3.63, 3.8) is 0 Å². The molecule has 0 heterocycles. The molecule has 18 heavy (non-hydrogen) atoms. The van der Waals surface area contributed by atoms with Gasteiger partial charge in [-0.15, -0.1) is 0 Å². The molecule has 0 fully saturated rings. The van der Waals surface area contributed by atoms with Crippen LogP contribution in [0.25, 0.3) is 0 Å². The van der Waals surface area contributed by atoms with E-state index in [1.54, 1.807) is 6.07 Å². The van der Waals surface area contributed by atoms with E-state index in [0.717, 1.165) is 0 Å². The van der Waals surface area contributed by atoms with Crippen molar-refractivity contribution in [3.05, 3.63) is 23.8 Å². The lowest BCUT2D eigenvalue weighted by Crippen LogP contribution is -2.13. The number of nitrogens with one attached hydrogen (secondary N) is 1. The topological polar surface area (TPSA) is 84.6 Å². The van der Waals surface area contributed by atoms with E-state index in [9.17, 15) is 13.6 Å². The van der Waals surface area contributed by atoms with Crippen LogP contribution in [0.4, 0.5) is 20.2 Å². The highest BCUT2D eigenvalue weighted by Gasteiger charge is 2.08. The molecule has 0 amide bonds. The van der Waals surface area contributed by atoms with Crippen molar-refractivity contribution in [2.45, 2.75) is 6.43 Å². The molecule has 0 aliphatic carbocycles. The van der Waals surface area contributed by atoms with E-state index >= 15 is 0 Å².